The number of nitrogens with zero attached hydrogens (tertiary/aromatic N) is 3. The Morgan fingerprint density at radius 3 is 2.43 bits per heavy atom. The molecule has 1 heterocycles. The van der Waals surface area contributed by atoms with Gasteiger partial charge in [0.05, 0.1) is 24.5 Å². The van der Waals surface area contributed by atoms with Crippen LogP contribution in [0.15, 0.2) is 71.5 Å². The van der Waals surface area contributed by atoms with Crippen LogP contribution in [-0.2, 0) is 22.7 Å². The Bertz CT molecular complexity index is 1710. The summed E-state index contributed by atoms with van der Waals surface area (Å²) in [5.74, 6) is -1.32. The maximum Gasteiger partial charge on any atom is 0.310 e. The largest absolute Gasteiger partial charge is 0.489 e. The Kier molecular flexibility index (Phi) is 9.44. The molecule has 0 unspecified atom stereocenters. The molecule has 230 valence electrons. The molecule has 9 heteroatoms. The highest BCUT2D eigenvalue weighted by atomic mass is 28.3. The number of carbonyl (C=O) groups is 2. The highest BCUT2D eigenvalue weighted by molar-refractivity contribution is 6.76. The number of fused-ring (bicyclic) bond motifs is 1. The van der Waals surface area contributed by atoms with Gasteiger partial charge in [0, 0.05) is 19.6 Å². The summed E-state index contributed by atoms with van der Waals surface area (Å²) in [7, 11) is -1.43. The Balaban J connectivity index is 1.34. The van der Waals surface area contributed by atoms with Crippen LogP contribution in [0.3, 0.4) is 0 Å². The van der Waals surface area contributed by atoms with E-state index in [1.54, 1.807) is 36.4 Å². The summed E-state index contributed by atoms with van der Waals surface area (Å²) in [6.45, 7) is 11.6. The first-order valence-corrected chi connectivity index (χ1v) is 19.0. The summed E-state index contributed by atoms with van der Waals surface area (Å²) in [5.41, 5.74) is 4.00. The zero-order valence-corrected chi connectivity index (χ0v) is 27.2. The molecule has 0 saturated heterocycles. The third kappa shape index (κ3) is 7.50. The minimum Gasteiger partial charge on any atom is -0.489 e. The number of esters is 1. The van der Waals surface area contributed by atoms with E-state index in [9.17, 15) is 14.4 Å². The number of ether oxygens (including phenoxy) is 2. The van der Waals surface area contributed by atoms with Crippen LogP contribution in [0, 0.1) is 31.6 Å². The van der Waals surface area contributed by atoms with Crippen molar-refractivity contribution in [2.24, 2.45) is 17.8 Å². The molecule has 4 aromatic rings. The minimum atomic E-state index is -1.43. The summed E-state index contributed by atoms with van der Waals surface area (Å²) >= 11 is 0. The molecule has 1 aliphatic carbocycles. The average molecular weight is 612 g/mol. The van der Waals surface area contributed by atoms with Crippen molar-refractivity contribution in [2.75, 3.05) is 6.61 Å². The van der Waals surface area contributed by atoms with E-state index >= 15 is 0 Å². The number of rotatable bonds is 11. The second-order valence-corrected chi connectivity index (χ2v) is 18.8. The predicted molar refractivity (Wildman–Crippen MR) is 174 cm³/mol. The maximum absolute atomic E-state index is 13.9. The van der Waals surface area contributed by atoms with Crippen molar-refractivity contribution in [1.29, 1.82) is 0 Å². The number of hydrogen-bond donors (Lipinski definition) is 0. The summed E-state index contributed by atoms with van der Waals surface area (Å²) in [6, 6.07) is 21.6. The topological polar surface area (TPSA) is 100 Å². The Labute approximate surface area is 259 Å². The molecule has 1 saturated carbocycles. The van der Waals surface area contributed by atoms with Crippen molar-refractivity contribution in [3.63, 3.8) is 0 Å². The smallest absolute Gasteiger partial charge is 0.310 e. The van der Waals surface area contributed by atoms with Crippen molar-refractivity contribution in [2.45, 2.75) is 65.5 Å². The number of carbonyl (C=O) groups excluding carboxylic acids is 2. The van der Waals surface area contributed by atoms with Gasteiger partial charge in [-0.3, -0.25) is 14.4 Å². The number of hydrogen-bond acceptors (Lipinski definition) is 7. The van der Waals surface area contributed by atoms with E-state index < -0.39 is 19.9 Å². The van der Waals surface area contributed by atoms with E-state index in [-0.39, 0.29) is 29.8 Å². The zero-order valence-electron chi connectivity index (χ0n) is 26.2. The normalized spacial score (nSPS) is 18.3. The first-order valence-electron chi connectivity index (χ1n) is 15.3. The van der Waals surface area contributed by atoms with Gasteiger partial charge in [0.2, 0.25) is 0 Å². The molecule has 1 aromatic heterocycles. The molecule has 0 radical (unpaired) electrons. The molecule has 1 fully saturated rings. The average Bonchev–Trinajstić information content (AvgIpc) is 3.40. The lowest BCUT2D eigenvalue weighted by atomic mass is 9.84. The van der Waals surface area contributed by atoms with Crippen molar-refractivity contribution in [1.82, 2.24) is 15.0 Å². The summed E-state index contributed by atoms with van der Waals surface area (Å²) in [4.78, 5) is 40.8. The second kappa shape index (κ2) is 13.3. The van der Waals surface area contributed by atoms with Crippen LogP contribution in [0.4, 0.5) is 0 Å². The summed E-state index contributed by atoms with van der Waals surface area (Å²) < 4.78 is 13.1. The van der Waals surface area contributed by atoms with E-state index in [1.165, 1.54) is 10.2 Å². The molecule has 0 amide bonds. The molecule has 8 nitrogen and oxygen atoms in total. The molecule has 0 bridgehead atoms. The van der Waals surface area contributed by atoms with Gasteiger partial charge in [-0.15, -0.1) is 5.10 Å². The zero-order chi connectivity index (χ0) is 31.4. The maximum atomic E-state index is 13.9. The van der Waals surface area contributed by atoms with Crippen LogP contribution >= 0.6 is 0 Å². The molecule has 0 aliphatic heterocycles. The molecule has 44 heavy (non-hydrogen) atoms. The third-order valence-corrected chi connectivity index (χ3v) is 10.1. The lowest BCUT2D eigenvalue weighted by Gasteiger charge is -2.24. The second-order valence-electron chi connectivity index (χ2n) is 13.2. The van der Waals surface area contributed by atoms with Crippen LogP contribution in [-0.4, -0.2) is 41.4 Å². The number of aromatic nitrogens is 3. The van der Waals surface area contributed by atoms with Crippen LogP contribution < -0.4 is 10.3 Å². The molecular weight excluding hydrogens is 570 g/mol. The fourth-order valence-electron chi connectivity index (χ4n) is 5.92. The molecule has 3 atom stereocenters. The van der Waals surface area contributed by atoms with E-state index in [4.69, 9.17) is 9.47 Å². The number of aryl methyl sites for hydroxylation is 2. The monoisotopic (exact) mass is 611 g/mol. The van der Waals surface area contributed by atoms with Gasteiger partial charge >= 0.3 is 5.97 Å². The summed E-state index contributed by atoms with van der Waals surface area (Å²) in [6.07, 6.45) is 1.12. The standard InChI is InChI=1S/C35H41N3O5Si/c1-23-7-6-8-25(19-23)22-43-28-13-10-26(11-14-28)33(39)29-15-12-27(32(29)35(41)42-17-18-44(3,4)5)21-38-34(40)30-20-24(2)9-16-31(30)36-37-38/h6-11,13-14,16,19-20,27,29,32H,12,15,17-18,21-22H2,1-5H3/t27-,29-,32-/m0/s1. The highest BCUT2D eigenvalue weighted by Gasteiger charge is 2.46. The summed E-state index contributed by atoms with van der Waals surface area (Å²) in [5, 5.41) is 8.91. The third-order valence-electron chi connectivity index (χ3n) is 8.41. The fraction of sp³-hybridized carbons (Fsp3) is 0.400. The Morgan fingerprint density at radius 2 is 1.70 bits per heavy atom. The predicted octanol–water partition coefficient (Wildman–Crippen LogP) is 6.39. The molecular formula is C35H41N3O5Si. The van der Waals surface area contributed by atoms with Gasteiger partial charge in [-0.05, 0) is 80.6 Å². The van der Waals surface area contributed by atoms with Gasteiger partial charge in [-0.25, -0.2) is 4.68 Å². The highest BCUT2D eigenvalue weighted by Crippen LogP contribution is 2.41. The van der Waals surface area contributed by atoms with E-state index in [1.807, 2.05) is 38.1 Å². The van der Waals surface area contributed by atoms with Crippen LogP contribution in [0.1, 0.15) is 39.9 Å². The lowest BCUT2D eigenvalue weighted by molar-refractivity contribution is -0.150. The van der Waals surface area contributed by atoms with Crippen molar-refractivity contribution >= 4 is 30.7 Å². The SMILES string of the molecule is Cc1cccc(COc2ccc(C(=O)[C@H]3CC[C@@H](Cn4nnc5ccc(C)cc5c4=O)[C@@H]3C(=O)OCC[Si](C)(C)C)cc2)c1. The van der Waals surface area contributed by atoms with Gasteiger partial charge in [-0.2, -0.15) is 0 Å². The van der Waals surface area contributed by atoms with Crippen LogP contribution in [0.2, 0.25) is 25.7 Å². The number of Topliss-reactive ketones (excluding diaryl/α,β-unsaturated/α-hetero) is 1. The first kappa shape index (κ1) is 31.3. The number of benzene rings is 3. The quantitative estimate of drug-likeness (QED) is 0.110. The Morgan fingerprint density at radius 1 is 0.955 bits per heavy atom. The van der Waals surface area contributed by atoms with E-state index in [2.05, 4.69) is 36.0 Å². The Hall–Kier alpha value is -4.11. The van der Waals surface area contributed by atoms with Gasteiger partial charge in [-0.1, -0.05) is 66.3 Å². The molecule has 5 rings (SSSR count). The minimum absolute atomic E-state index is 0.0996. The molecule has 0 N–H and O–H groups in total. The number of ketones is 1. The molecule has 1 aliphatic rings. The van der Waals surface area contributed by atoms with Crippen molar-refractivity contribution in [3.8, 4) is 5.75 Å². The van der Waals surface area contributed by atoms with Crippen molar-refractivity contribution in [3.05, 3.63) is 99.3 Å². The first-order chi connectivity index (χ1) is 21.0. The van der Waals surface area contributed by atoms with Gasteiger partial charge < -0.3 is 9.47 Å². The fourth-order valence-corrected chi connectivity index (χ4v) is 6.64. The van der Waals surface area contributed by atoms with Gasteiger partial charge in [0.15, 0.2) is 5.78 Å². The van der Waals surface area contributed by atoms with Gasteiger partial charge in [0.1, 0.15) is 17.9 Å². The molecule has 3 aromatic carbocycles. The molecule has 0 spiro atoms. The van der Waals surface area contributed by atoms with Gasteiger partial charge in [0.25, 0.3) is 5.56 Å². The van der Waals surface area contributed by atoms with Crippen LogP contribution in [0.25, 0.3) is 10.9 Å². The van der Waals surface area contributed by atoms with Crippen molar-refractivity contribution < 1.29 is 19.1 Å². The van der Waals surface area contributed by atoms with Crippen LogP contribution in [0.5, 0.6) is 5.75 Å². The lowest BCUT2D eigenvalue weighted by Crippen LogP contribution is -2.36. The van der Waals surface area contributed by atoms with E-state index in [0.717, 1.165) is 17.2 Å². The van der Waals surface area contributed by atoms with E-state index in [0.29, 0.717) is 48.3 Å².